The first-order chi connectivity index (χ1) is 12.4. The first-order valence-corrected chi connectivity index (χ1v) is 9.79. The number of carbonyl (C=O) groups excluding carboxylic acids is 1. The molecule has 2 aromatic carbocycles. The molecule has 0 heterocycles. The summed E-state index contributed by atoms with van der Waals surface area (Å²) in [6.45, 7) is 2.31. The lowest BCUT2D eigenvalue weighted by Gasteiger charge is -2.15. The van der Waals surface area contributed by atoms with Gasteiger partial charge in [0.2, 0.25) is 0 Å². The maximum absolute atomic E-state index is 13.5. The minimum absolute atomic E-state index is 0.183. The average molecular weight is 421 g/mol. The molecule has 9 heteroatoms. The number of benzene rings is 2. The van der Waals surface area contributed by atoms with Crippen molar-refractivity contribution in [2.24, 2.45) is 0 Å². The van der Waals surface area contributed by atoms with E-state index in [1.807, 2.05) is 0 Å². The Morgan fingerprint density at radius 1 is 1.11 bits per heavy atom. The summed E-state index contributed by atoms with van der Waals surface area (Å²) in [6.07, 6.45) is -4.88. The quantitative estimate of drug-likeness (QED) is 0.659. The number of aryl methyl sites for hydroxylation is 1. The van der Waals surface area contributed by atoms with E-state index in [0.29, 0.717) is 10.6 Å². The van der Waals surface area contributed by atoms with Gasteiger partial charge in [-0.25, -0.2) is 8.42 Å². The summed E-state index contributed by atoms with van der Waals surface area (Å²) < 4.78 is 69.6. The van der Waals surface area contributed by atoms with Crippen molar-refractivity contribution in [2.75, 3.05) is 12.4 Å². The Hall–Kier alpha value is -2.06. The molecule has 0 aliphatic rings. The van der Waals surface area contributed by atoms with Crippen LogP contribution in [0.2, 0.25) is 5.02 Å². The fraction of sp³-hybridized carbons (Fsp3) is 0.278. The number of alkyl halides is 3. The zero-order valence-electron chi connectivity index (χ0n) is 14.4. The number of hydrogen-bond acceptors (Lipinski definition) is 4. The number of halogens is 4. The second-order valence-electron chi connectivity index (χ2n) is 5.83. The molecule has 0 atom stereocenters. The molecule has 0 aromatic heterocycles. The summed E-state index contributed by atoms with van der Waals surface area (Å²) in [5.74, 6) is -1.46. The van der Waals surface area contributed by atoms with Gasteiger partial charge in [-0.3, -0.25) is 4.79 Å². The normalized spacial score (nSPS) is 12.1. The predicted molar refractivity (Wildman–Crippen MR) is 95.3 cm³/mol. The van der Waals surface area contributed by atoms with Crippen LogP contribution in [0.5, 0.6) is 0 Å². The highest BCUT2D eigenvalue weighted by Gasteiger charge is 2.37. The highest BCUT2D eigenvalue weighted by Crippen LogP contribution is 2.38. The SMILES string of the molecule is CC(=O)OCCS(=O)(=O)c1ccc(-c2ccc(C)c(Cl)c2)cc1C(F)(F)F. The van der Waals surface area contributed by atoms with Gasteiger partial charge in [-0.15, -0.1) is 0 Å². The van der Waals surface area contributed by atoms with Crippen molar-refractivity contribution in [1.82, 2.24) is 0 Å². The summed E-state index contributed by atoms with van der Waals surface area (Å²) in [6, 6.07) is 7.76. The van der Waals surface area contributed by atoms with Crippen LogP contribution in [-0.4, -0.2) is 26.7 Å². The van der Waals surface area contributed by atoms with E-state index >= 15 is 0 Å². The van der Waals surface area contributed by atoms with Crippen LogP contribution in [0.4, 0.5) is 13.2 Å². The van der Waals surface area contributed by atoms with Gasteiger partial charge in [0.15, 0.2) is 9.84 Å². The Kier molecular flexibility index (Phi) is 6.21. The van der Waals surface area contributed by atoms with Crippen LogP contribution >= 0.6 is 11.6 Å². The number of ether oxygens (including phenoxy) is 1. The molecule has 2 rings (SSSR count). The van der Waals surface area contributed by atoms with E-state index in [2.05, 4.69) is 4.74 Å². The summed E-state index contributed by atoms with van der Waals surface area (Å²) in [4.78, 5) is 9.88. The lowest BCUT2D eigenvalue weighted by Crippen LogP contribution is -2.19. The minimum atomic E-state index is -4.88. The summed E-state index contributed by atoms with van der Waals surface area (Å²) >= 11 is 6.02. The molecule has 0 radical (unpaired) electrons. The van der Waals surface area contributed by atoms with Crippen molar-refractivity contribution in [2.45, 2.75) is 24.9 Å². The molecule has 2 aromatic rings. The highest BCUT2D eigenvalue weighted by molar-refractivity contribution is 7.91. The molecule has 0 fully saturated rings. The van der Waals surface area contributed by atoms with E-state index in [9.17, 15) is 26.4 Å². The molecule has 146 valence electrons. The van der Waals surface area contributed by atoms with Gasteiger partial charge in [0, 0.05) is 11.9 Å². The Labute approximate surface area is 159 Å². The van der Waals surface area contributed by atoms with E-state index in [4.69, 9.17) is 11.6 Å². The van der Waals surface area contributed by atoms with Crippen LogP contribution in [0.1, 0.15) is 18.1 Å². The lowest BCUT2D eigenvalue weighted by atomic mass is 10.0. The molecule has 0 saturated carbocycles. The van der Waals surface area contributed by atoms with Crippen molar-refractivity contribution in [3.8, 4) is 11.1 Å². The third-order valence-corrected chi connectivity index (χ3v) is 5.92. The van der Waals surface area contributed by atoms with Crippen LogP contribution in [0.3, 0.4) is 0 Å². The molecule has 4 nitrogen and oxygen atoms in total. The molecule has 0 aliphatic carbocycles. The van der Waals surface area contributed by atoms with Gasteiger partial charge in [0.25, 0.3) is 0 Å². The van der Waals surface area contributed by atoms with Crippen molar-refractivity contribution in [3.05, 3.63) is 52.5 Å². The van der Waals surface area contributed by atoms with Crippen LogP contribution in [-0.2, 0) is 25.5 Å². The summed E-state index contributed by atoms with van der Waals surface area (Å²) in [5, 5.41) is 0.388. The number of esters is 1. The summed E-state index contributed by atoms with van der Waals surface area (Å²) in [7, 11) is -4.31. The fourth-order valence-corrected chi connectivity index (χ4v) is 3.87. The van der Waals surface area contributed by atoms with Crippen LogP contribution in [0, 0.1) is 6.92 Å². The second-order valence-corrected chi connectivity index (χ2v) is 8.32. The second kappa shape index (κ2) is 7.90. The van der Waals surface area contributed by atoms with Gasteiger partial charge in [0.05, 0.1) is 16.2 Å². The largest absolute Gasteiger partial charge is 0.465 e. The molecule has 0 spiro atoms. The van der Waals surface area contributed by atoms with Gasteiger partial charge >= 0.3 is 12.1 Å². The Morgan fingerprint density at radius 3 is 2.26 bits per heavy atom. The monoisotopic (exact) mass is 420 g/mol. The highest BCUT2D eigenvalue weighted by atomic mass is 35.5. The van der Waals surface area contributed by atoms with E-state index in [0.717, 1.165) is 24.6 Å². The van der Waals surface area contributed by atoms with Crippen molar-refractivity contribution < 1.29 is 31.1 Å². The van der Waals surface area contributed by atoms with Gasteiger partial charge in [-0.05, 0) is 41.8 Å². The fourth-order valence-electron chi connectivity index (χ4n) is 2.38. The third-order valence-electron chi connectivity index (χ3n) is 3.78. The Balaban J connectivity index is 2.50. The van der Waals surface area contributed by atoms with Gasteiger partial charge in [-0.1, -0.05) is 29.8 Å². The maximum atomic E-state index is 13.5. The van der Waals surface area contributed by atoms with Crippen molar-refractivity contribution >= 4 is 27.4 Å². The number of rotatable bonds is 5. The van der Waals surface area contributed by atoms with Gasteiger partial charge < -0.3 is 4.74 Å². The molecular formula is C18H16ClF3O4S. The van der Waals surface area contributed by atoms with Crippen LogP contribution < -0.4 is 0 Å². The predicted octanol–water partition coefficient (Wildman–Crippen LogP) is 4.67. The molecule has 0 amide bonds. The zero-order valence-corrected chi connectivity index (χ0v) is 16.0. The molecular weight excluding hydrogens is 405 g/mol. The Morgan fingerprint density at radius 2 is 1.70 bits per heavy atom. The van der Waals surface area contributed by atoms with Gasteiger partial charge in [0.1, 0.15) is 6.61 Å². The van der Waals surface area contributed by atoms with E-state index in [1.165, 1.54) is 12.1 Å². The van der Waals surface area contributed by atoms with Crippen LogP contribution in [0.25, 0.3) is 11.1 Å². The molecule has 0 N–H and O–H groups in total. The minimum Gasteiger partial charge on any atom is -0.465 e. The molecule has 0 saturated heterocycles. The Bertz CT molecular complexity index is 969. The zero-order chi connectivity index (χ0) is 20.4. The van der Waals surface area contributed by atoms with E-state index in [-0.39, 0.29) is 5.56 Å². The third kappa shape index (κ3) is 5.23. The first-order valence-electron chi connectivity index (χ1n) is 7.76. The maximum Gasteiger partial charge on any atom is 0.417 e. The average Bonchev–Trinajstić information content (AvgIpc) is 2.55. The topological polar surface area (TPSA) is 60.4 Å². The molecule has 0 bridgehead atoms. The van der Waals surface area contributed by atoms with Crippen LogP contribution in [0.15, 0.2) is 41.3 Å². The lowest BCUT2D eigenvalue weighted by molar-refractivity contribution is -0.141. The molecule has 0 aliphatic heterocycles. The van der Waals surface area contributed by atoms with Crippen molar-refractivity contribution in [1.29, 1.82) is 0 Å². The molecule has 27 heavy (non-hydrogen) atoms. The van der Waals surface area contributed by atoms with E-state index in [1.54, 1.807) is 19.1 Å². The first kappa shape index (κ1) is 21.2. The standard InChI is InChI=1S/C18H16ClF3O4S/c1-11-3-4-14(10-16(11)19)13-5-6-17(15(9-13)18(20,21)22)27(24,25)8-7-26-12(2)23/h3-6,9-10H,7-8H2,1-2H3. The van der Waals surface area contributed by atoms with E-state index < -0.39 is 44.8 Å². The summed E-state index contributed by atoms with van der Waals surface area (Å²) in [5.41, 5.74) is 0.101. The van der Waals surface area contributed by atoms with Crippen molar-refractivity contribution in [3.63, 3.8) is 0 Å². The smallest absolute Gasteiger partial charge is 0.417 e. The number of carbonyl (C=O) groups is 1. The number of hydrogen-bond donors (Lipinski definition) is 0. The number of sulfone groups is 1. The van der Waals surface area contributed by atoms with Gasteiger partial charge in [-0.2, -0.15) is 13.2 Å². The molecule has 0 unspecified atom stereocenters.